The van der Waals surface area contributed by atoms with Crippen molar-refractivity contribution in [1.82, 2.24) is 19.9 Å². The largest absolute Gasteiger partial charge is 0.379 e. The van der Waals surface area contributed by atoms with Gasteiger partial charge in [0.15, 0.2) is 0 Å². The highest BCUT2D eigenvalue weighted by molar-refractivity contribution is 6.06. The lowest BCUT2D eigenvalue weighted by Crippen LogP contribution is -2.36. The Labute approximate surface area is 197 Å². The Kier molecular flexibility index (Phi) is 5.53. The monoisotopic (exact) mass is 455 g/mol. The summed E-state index contributed by atoms with van der Waals surface area (Å²) in [6.07, 6.45) is 8.33. The van der Waals surface area contributed by atoms with Crippen LogP contribution in [0.15, 0.2) is 46.5 Å². The minimum Gasteiger partial charge on any atom is -0.379 e. The van der Waals surface area contributed by atoms with Crippen LogP contribution in [0, 0.1) is 11.8 Å². The van der Waals surface area contributed by atoms with Crippen LogP contribution < -0.4 is 10.2 Å². The highest BCUT2D eigenvalue weighted by Gasteiger charge is 2.32. The van der Waals surface area contributed by atoms with Crippen LogP contribution >= 0.6 is 0 Å². The van der Waals surface area contributed by atoms with Crippen molar-refractivity contribution in [3.63, 3.8) is 0 Å². The van der Waals surface area contributed by atoms with Crippen LogP contribution in [0.3, 0.4) is 0 Å². The summed E-state index contributed by atoms with van der Waals surface area (Å²) in [5.41, 5.74) is 6.10. The fraction of sp³-hybridized carbons (Fsp3) is 0.400. The minimum atomic E-state index is -0.378. The molecule has 0 bridgehead atoms. The number of anilines is 2. The third-order valence-electron chi connectivity index (χ3n) is 6.71. The van der Waals surface area contributed by atoms with E-state index in [0.717, 1.165) is 62.2 Å². The maximum Gasteiger partial charge on any atom is 0.301 e. The van der Waals surface area contributed by atoms with Crippen molar-refractivity contribution in [3.05, 3.63) is 41.5 Å². The van der Waals surface area contributed by atoms with Gasteiger partial charge in [-0.2, -0.15) is 0 Å². The molecule has 172 valence electrons. The number of morpholine rings is 1. The highest BCUT2D eigenvalue weighted by Crippen LogP contribution is 2.41. The number of aliphatic imine (C=N–C) groups is 1. The second-order valence-electron chi connectivity index (χ2n) is 8.75. The zero-order valence-electron chi connectivity index (χ0n) is 18.9. The Morgan fingerprint density at radius 3 is 2.97 bits per heavy atom. The highest BCUT2D eigenvalue weighted by atomic mass is 16.5. The summed E-state index contributed by atoms with van der Waals surface area (Å²) in [5, 5.41) is 3.66. The predicted molar refractivity (Wildman–Crippen MR) is 130 cm³/mol. The molecule has 0 spiro atoms. The number of carbonyl (C=O) groups is 1. The van der Waals surface area contributed by atoms with Gasteiger partial charge in [0, 0.05) is 49.3 Å². The molecule has 0 unspecified atom stereocenters. The Bertz CT molecular complexity index is 1310. The molecule has 0 atom stereocenters. The smallest absolute Gasteiger partial charge is 0.301 e. The van der Waals surface area contributed by atoms with E-state index in [2.05, 4.69) is 53.0 Å². The average molecular weight is 456 g/mol. The molecule has 1 amide bonds. The number of hydrogen-bond donors (Lipinski definition) is 1. The number of aromatic nitrogens is 3. The first-order chi connectivity index (χ1) is 16.7. The zero-order valence-corrected chi connectivity index (χ0v) is 18.9. The topological polar surface area (TPSA) is 95.8 Å². The van der Waals surface area contributed by atoms with Crippen molar-refractivity contribution in [2.45, 2.75) is 19.3 Å². The Morgan fingerprint density at radius 1 is 1.15 bits per heavy atom. The minimum absolute atomic E-state index is 0.378. The second kappa shape index (κ2) is 8.97. The zero-order chi connectivity index (χ0) is 22.9. The first-order valence-electron chi connectivity index (χ1n) is 11.7. The van der Waals surface area contributed by atoms with Gasteiger partial charge in [0.05, 0.1) is 38.0 Å². The molecule has 1 fully saturated rings. The van der Waals surface area contributed by atoms with Crippen LogP contribution in [-0.4, -0.2) is 77.4 Å². The first-order valence-corrected chi connectivity index (χ1v) is 11.7. The van der Waals surface area contributed by atoms with E-state index < -0.39 is 0 Å². The number of nitrogens with one attached hydrogen (secondary N) is 1. The van der Waals surface area contributed by atoms with Crippen LogP contribution in [0.25, 0.3) is 10.9 Å². The normalized spacial score (nSPS) is 19.8. The average Bonchev–Trinajstić information content (AvgIpc) is 3.49. The molecule has 9 heteroatoms. The predicted octanol–water partition coefficient (Wildman–Crippen LogP) is 1.94. The summed E-state index contributed by atoms with van der Waals surface area (Å²) < 4.78 is 5.33. The standard InChI is InChI=1S/C25H25N7O2/c33-24(2-1-6-31-8-10-34-11-9-31)30-23-14-19-21(15-27-23)28-16-29-25(19)32-7-4-18-12-20-17(3-5-26-20)13-22(18)32/h3,14-16H,4-13H2,(H,27,30,33). The molecule has 3 aliphatic heterocycles. The molecule has 9 nitrogen and oxygen atoms in total. The fourth-order valence-corrected chi connectivity index (χ4v) is 4.94. The molecule has 2 aromatic heterocycles. The van der Waals surface area contributed by atoms with E-state index in [0.29, 0.717) is 25.6 Å². The molecule has 5 heterocycles. The van der Waals surface area contributed by atoms with Gasteiger partial charge in [-0.15, -0.1) is 0 Å². The van der Waals surface area contributed by atoms with Crippen molar-refractivity contribution in [3.8, 4) is 11.8 Å². The molecule has 1 saturated heterocycles. The lowest BCUT2D eigenvalue weighted by molar-refractivity contribution is -0.111. The molecule has 0 radical (unpaired) electrons. The number of ether oxygens (including phenoxy) is 1. The van der Waals surface area contributed by atoms with Crippen molar-refractivity contribution in [2.24, 2.45) is 4.99 Å². The van der Waals surface area contributed by atoms with Crippen molar-refractivity contribution in [2.75, 3.05) is 56.2 Å². The third-order valence-corrected chi connectivity index (χ3v) is 6.71. The molecule has 0 aromatic carbocycles. The van der Waals surface area contributed by atoms with E-state index in [-0.39, 0.29) is 5.91 Å². The van der Waals surface area contributed by atoms with E-state index >= 15 is 0 Å². The summed E-state index contributed by atoms with van der Waals surface area (Å²) in [7, 11) is 0. The van der Waals surface area contributed by atoms with Crippen LogP contribution in [-0.2, 0) is 9.53 Å². The van der Waals surface area contributed by atoms with Crippen LogP contribution in [0.5, 0.6) is 0 Å². The molecule has 1 N–H and O–H groups in total. The van der Waals surface area contributed by atoms with Crippen LogP contribution in [0.4, 0.5) is 11.6 Å². The lowest BCUT2D eigenvalue weighted by Gasteiger charge is -2.26. The number of hydrogen-bond acceptors (Lipinski definition) is 8. The van der Waals surface area contributed by atoms with Gasteiger partial charge >= 0.3 is 5.91 Å². The van der Waals surface area contributed by atoms with Crippen molar-refractivity contribution >= 4 is 34.2 Å². The summed E-state index contributed by atoms with van der Waals surface area (Å²) >= 11 is 0. The number of rotatable bonds is 3. The molecule has 1 aliphatic carbocycles. The second-order valence-corrected chi connectivity index (χ2v) is 8.75. The van der Waals surface area contributed by atoms with Crippen LogP contribution in [0.1, 0.15) is 19.3 Å². The number of carbonyl (C=O) groups excluding carboxylic acids is 1. The van der Waals surface area contributed by atoms with Gasteiger partial charge in [-0.1, -0.05) is 12.0 Å². The fourth-order valence-electron chi connectivity index (χ4n) is 4.94. The molecule has 6 rings (SSSR count). The maximum atomic E-state index is 12.4. The van der Waals surface area contributed by atoms with E-state index in [1.807, 2.05) is 6.07 Å². The van der Waals surface area contributed by atoms with E-state index in [1.54, 1.807) is 12.5 Å². The lowest BCUT2D eigenvalue weighted by atomic mass is 9.91. The molecule has 34 heavy (non-hydrogen) atoms. The van der Waals surface area contributed by atoms with E-state index in [1.165, 1.54) is 22.6 Å². The van der Waals surface area contributed by atoms with Gasteiger partial charge in [0.25, 0.3) is 0 Å². The molecular formula is C25H25N7O2. The van der Waals surface area contributed by atoms with Gasteiger partial charge in [-0.05, 0) is 29.6 Å². The maximum absolute atomic E-state index is 12.4. The molecule has 2 aromatic rings. The quantitative estimate of drug-likeness (QED) is 0.707. The number of allylic oxidation sites excluding steroid dienone is 1. The van der Waals surface area contributed by atoms with Crippen molar-refractivity contribution in [1.29, 1.82) is 0 Å². The Hall–Kier alpha value is -3.61. The van der Waals surface area contributed by atoms with Gasteiger partial charge in [0.1, 0.15) is 18.0 Å². The van der Waals surface area contributed by atoms with Gasteiger partial charge < -0.3 is 9.64 Å². The van der Waals surface area contributed by atoms with Crippen LogP contribution in [0.2, 0.25) is 0 Å². The molecular weight excluding hydrogens is 430 g/mol. The van der Waals surface area contributed by atoms with Gasteiger partial charge in [-0.25, -0.2) is 15.0 Å². The number of pyridine rings is 1. The number of fused-ring (bicyclic) bond motifs is 2. The molecule has 0 saturated carbocycles. The SMILES string of the molecule is O=C(C#CCN1CCOCC1)Nc1cc2c(N3CCC4=C3CC3=CCN=C3C4)ncnc2cn1. The van der Waals surface area contributed by atoms with E-state index in [9.17, 15) is 4.79 Å². The number of amides is 1. The Balaban J connectivity index is 1.22. The summed E-state index contributed by atoms with van der Waals surface area (Å²) in [6, 6.07) is 1.84. The third kappa shape index (κ3) is 4.06. The van der Waals surface area contributed by atoms with Crippen molar-refractivity contribution < 1.29 is 9.53 Å². The summed E-state index contributed by atoms with van der Waals surface area (Å²) in [5.74, 6) is 6.53. The van der Waals surface area contributed by atoms with Gasteiger partial charge in [-0.3, -0.25) is 20.0 Å². The Morgan fingerprint density at radius 2 is 2.06 bits per heavy atom. The first kappa shape index (κ1) is 21.0. The van der Waals surface area contributed by atoms with E-state index in [4.69, 9.17) is 4.74 Å². The summed E-state index contributed by atoms with van der Waals surface area (Å²) in [4.78, 5) is 34.9. The summed E-state index contributed by atoms with van der Waals surface area (Å²) in [6.45, 7) is 5.33. The number of nitrogens with zero attached hydrogens (tertiary/aromatic N) is 6. The van der Waals surface area contributed by atoms with Gasteiger partial charge in [0.2, 0.25) is 0 Å². The molecule has 4 aliphatic rings.